The predicted molar refractivity (Wildman–Crippen MR) is 86.9 cm³/mol. The predicted octanol–water partition coefficient (Wildman–Crippen LogP) is 4.20. The van der Waals surface area contributed by atoms with Crippen LogP contribution in [-0.4, -0.2) is 11.6 Å². The maximum Gasteiger partial charge on any atom is 0.180 e. The highest BCUT2D eigenvalue weighted by Gasteiger charge is 2.49. The van der Waals surface area contributed by atoms with E-state index in [1.807, 2.05) is 48.5 Å². The van der Waals surface area contributed by atoms with Gasteiger partial charge in [0.25, 0.3) is 0 Å². The van der Waals surface area contributed by atoms with Crippen LogP contribution in [0.25, 0.3) is 0 Å². The SMILES string of the molecule is C[C@H]1CC[C@@](C(=O)c2ccccc2)(c2ccccc2)C(=O)C1. The van der Waals surface area contributed by atoms with Gasteiger partial charge in [-0.25, -0.2) is 0 Å². The van der Waals surface area contributed by atoms with Crippen molar-refractivity contribution in [3.63, 3.8) is 0 Å². The third-order valence-corrected chi connectivity index (χ3v) is 4.71. The molecule has 0 aliphatic heterocycles. The van der Waals surface area contributed by atoms with Crippen LogP contribution in [-0.2, 0) is 10.2 Å². The average Bonchev–Trinajstić information content (AvgIpc) is 2.56. The molecule has 2 aromatic carbocycles. The summed E-state index contributed by atoms with van der Waals surface area (Å²) in [5, 5.41) is 0. The van der Waals surface area contributed by atoms with Gasteiger partial charge in [0.1, 0.15) is 5.41 Å². The zero-order chi connectivity index (χ0) is 15.6. The molecule has 112 valence electrons. The van der Waals surface area contributed by atoms with Crippen molar-refractivity contribution in [3.8, 4) is 0 Å². The maximum atomic E-state index is 13.2. The summed E-state index contributed by atoms with van der Waals surface area (Å²) >= 11 is 0. The van der Waals surface area contributed by atoms with Gasteiger partial charge in [-0.3, -0.25) is 9.59 Å². The number of hydrogen-bond acceptors (Lipinski definition) is 2. The van der Waals surface area contributed by atoms with E-state index in [4.69, 9.17) is 0 Å². The first-order chi connectivity index (χ1) is 10.6. The normalized spacial score (nSPS) is 25.0. The Labute approximate surface area is 131 Å². The number of Topliss-reactive ketones (excluding diaryl/α,β-unsaturated/α-hetero) is 2. The molecule has 2 aromatic rings. The standard InChI is InChI=1S/C20H20O2/c1-15-12-13-20(18(21)14-15,17-10-6-3-7-11-17)19(22)16-8-4-2-5-9-16/h2-11,15H,12-14H2,1H3/t15-,20+/m0/s1. The molecular formula is C20H20O2. The first-order valence-electron chi connectivity index (χ1n) is 7.83. The minimum absolute atomic E-state index is 0.0591. The lowest BCUT2D eigenvalue weighted by molar-refractivity contribution is -0.125. The van der Waals surface area contributed by atoms with Gasteiger partial charge in [0, 0.05) is 12.0 Å². The second-order valence-electron chi connectivity index (χ2n) is 6.24. The minimum Gasteiger partial charge on any atom is -0.298 e. The highest BCUT2D eigenvalue weighted by atomic mass is 16.2. The zero-order valence-corrected chi connectivity index (χ0v) is 12.8. The van der Waals surface area contributed by atoms with E-state index in [-0.39, 0.29) is 11.6 Å². The van der Waals surface area contributed by atoms with Crippen LogP contribution in [0, 0.1) is 5.92 Å². The van der Waals surface area contributed by atoms with Crippen molar-refractivity contribution in [2.45, 2.75) is 31.6 Å². The molecule has 0 unspecified atom stereocenters. The van der Waals surface area contributed by atoms with E-state index in [0.29, 0.717) is 24.3 Å². The molecule has 22 heavy (non-hydrogen) atoms. The Morgan fingerprint density at radius 3 is 2.18 bits per heavy atom. The Bertz CT molecular complexity index is 675. The summed E-state index contributed by atoms with van der Waals surface area (Å²) in [6.07, 6.45) is 1.98. The Balaban J connectivity index is 2.12. The summed E-state index contributed by atoms with van der Waals surface area (Å²) in [6.45, 7) is 2.08. The highest BCUT2D eigenvalue weighted by molar-refractivity contribution is 6.19. The van der Waals surface area contributed by atoms with Gasteiger partial charge in [-0.15, -0.1) is 0 Å². The lowest BCUT2D eigenvalue weighted by atomic mass is 9.62. The van der Waals surface area contributed by atoms with Gasteiger partial charge in [-0.2, -0.15) is 0 Å². The third kappa shape index (κ3) is 2.39. The summed E-state index contributed by atoms with van der Waals surface area (Å²) in [5.41, 5.74) is 0.449. The topological polar surface area (TPSA) is 34.1 Å². The summed E-state index contributed by atoms with van der Waals surface area (Å²) in [6, 6.07) is 18.7. The molecule has 2 atom stereocenters. The average molecular weight is 292 g/mol. The van der Waals surface area contributed by atoms with Gasteiger partial charge < -0.3 is 0 Å². The van der Waals surface area contributed by atoms with Crippen LogP contribution in [0.4, 0.5) is 0 Å². The molecule has 3 rings (SSSR count). The molecule has 2 nitrogen and oxygen atoms in total. The van der Waals surface area contributed by atoms with Crippen molar-refractivity contribution in [3.05, 3.63) is 71.8 Å². The largest absolute Gasteiger partial charge is 0.298 e. The van der Waals surface area contributed by atoms with Crippen molar-refractivity contribution in [1.29, 1.82) is 0 Å². The Kier molecular flexibility index (Phi) is 3.93. The van der Waals surface area contributed by atoms with Gasteiger partial charge in [-0.05, 0) is 24.3 Å². The molecule has 1 aliphatic carbocycles. The second kappa shape index (κ2) is 5.88. The molecule has 0 saturated heterocycles. The number of rotatable bonds is 3. The number of carbonyl (C=O) groups excluding carboxylic acids is 2. The van der Waals surface area contributed by atoms with Gasteiger partial charge in [0.05, 0.1) is 0 Å². The number of benzene rings is 2. The molecule has 1 aliphatic rings. The molecule has 0 aromatic heterocycles. The van der Waals surface area contributed by atoms with Gasteiger partial charge in [-0.1, -0.05) is 67.6 Å². The number of carbonyl (C=O) groups is 2. The van der Waals surface area contributed by atoms with E-state index in [9.17, 15) is 9.59 Å². The molecule has 0 bridgehead atoms. The van der Waals surface area contributed by atoms with Crippen molar-refractivity contribution < 1.29 is 9.59 Å². The quantitative estimate of drug-likeness (QED) is 0.627. The van der Waals surface area contributed by atoms with Crippen LogP contribution in [0.1, 0.15) is 42.1 Å². The summed E-state index contributed by atoms with van der Waals surface area (Å²) in [7, 11) is 0. The van der Waals surface area contributed by atoms with Gasteiger partial charge in [0.15, 0.2) is 11.6 Å². The van der Waals surface area contributed by atoms with Crippen LogP contribution >= 0.6 is 0 Å². The van der Waals surface area contributed by atoms with Gasteiger partial charge >= 0.3 is 0 Å². The molecule has 0 N–H and O–H groups in total. The third-order valence-electron chi connectivity index (χ3n) is 4.71. The lowest BCUT2D eigenvalue weighted by Gasteiger charge is -2.37. The summed E-state index contributed by atoms with van der Waals surface area (Å²) in [4.78, 5) is 26.1. The fourth-order valence-electron chi connectivity index (χ4n) is 3.43. The zero-order valence-electron chi connectivity index (χ0n) is 12.8. The first-order valence-corrected chi connectivity index (χ1v) is 7.83. The second-order valence-corrected chi connectivity index (χ2v) is 6.24. The molecule has 1 fully saturated rings. The fraction of sp³-hybridized carbons (Fsp3) is 0.300. The van der Waals surface area contributed by atoms with E-state index in [1.165, 1.54) is 0 Å². The van der Waals surface area contributed by atoms with Crippen molar-refractivity contribution in [2.24, 2.45) is 5.92 Å². The number of ketones is 2. The highest BCUT2D eigenvalue weighted by Crippen LogP contribution is 2.41. The monoisotopic (exact) mass is 292 g/mol. The van der Waals surface area contributed by atoms with Crippen molar-refractivity contribution >= 4 is 11.6 Å². The Morgan fingerprint density at radius 1 is 1.00 bits per heavy atom. The summed E-state index contributed by atoms with van der Waals surface area (Å²) < 4.78 is 0. The molecule has 0 spiro atoms. The van der Waals surface area contributed by atoms with Crippen LogP contribution < -0.4 is 0 Å². The molecule has 2 heteroatoms. The Morgan fingerprint density at radius 2 is 1.59 bits per heavy atom. The van der Waals surface area contributed by atoms with E-state index >= 15 is 0 Å². The molecular weight excluding hydrogens is 272 g/mol. The summed E-state index contributed by atoms with van der Waals surface area (Å²) in [5.74, 6) is 0.357. The fourth-order valence-corrected chi connectivity index (χ4v) is 3.43. The molecule has 1 saturated carbocycles. The van der Waals surface area contributed by atoms with E-state index < -0.39 is 5.41 Å². The smallest absolute Gasteiger partial charge is 0.180 e. The van der Waals surface area contributed by atoms with E-state index in [2.05, 4.69) is 6.92 Å². The first kappa shape index (κ1) is 14.7. The molecule has 0 heterocycles. The van der Waals surface area contributed by atoms with Crippen LogP contribution in [0.3, 0.4) is 0 Å². The lowest BCUT2D eigenvalue weighted by Crippen LogP contribution is -2.47. The number of hydrogen-bond donors (Lipinski definition) is 0. The maximum absolute atomic E-state index is 13.2. The van der Waals surface area contributed by atoms with Gasteiger partial charge in [0.2, 0.25) is 0 Å². The van der Waals surface area contributed by atoms with E-state index in [1.54, 1.807) is 12.1 Å². The molecule has 0 radical (unpaired) electrons. The van der Waals surface area contributed by atoms with E-state index in [0.717, 1.165) is 12.0 Å². The van der Waals surface area contributed by atoms with Crippen molar-refractivity contribution in [1.82, 2.24) is 0 Å². The minimum atomic E-state index is -1.00. The van der Waals surface area contributed by atoms with Crippen molar-refractivity contribution in [2.75, 3.05) is 0 Å². The Hall–Kier alpha value is -2.22. The van der Waals surface area contributed by atoms with Crippen LogP contribution in [0.2, 0.25) is 0 Å². The molecule has 0 amide bonds. The van der Waals surface area contributed by atoms with Crippen LogP contribution in [0.5, 0.6) is 0 Å². The van der Waals surface area contributed by atoms with Crippen LogP contribution in [0.15, 0.2) is 60.7 Å².